The van der Waals surface area contributed by atoms with Crippen molar-refractivity contribution in [3.8, 4) is 0 Å². The lowest BCUT2D eigenvalue weighted by Gasteiger charge is -2.36. The summed E-state index contributed by atoms with van der Waals surface area (Å²) in [6.45, 7) is 2.74. The SMILES string of the molecule is COCc1ccc([S@](=O)CC(=O)N(C)[C@H]2CCCC[C@H]2C)cc1. The Kier molecular flexibility index (Phi) is 6.78. The molecule has 0 spiro atoms. The number of ether oxygens (including phenoxy) is 1. The third-order valence-corrected chi connectivity index (χ3v) is 6.02. The fourth-order valence-electron chi connectivity index (χ4n) is 3.26. The van der Waals surface area contributed by atoms with Crippen LogP contribution in [0.1, 0.15) is 38.2 Å². The fourth-order valence-corrected chi connectivity index (χ4v) is 4.29. The maximum atomic E-state index is 12.5. The molecule has 1 aliphatic carbocycles. The van der Waals surface area contributed by atoms with Crippen molar-refractivity contribution in [3.63, 3.8) is 0 Å². The van der Waals surface area contributed by atoms with Crippen LogP contribution in [0.4, 0.5) is 0 Å². The van der Waals surface area contributed by atoms with E-state index in [0.717, 1.165) is 12.0 Å². The molecular weight excluding hydrogens is 310 g/mol. The minimum atomic E-state index is -1.29. The van der Waals surface area contributed by atoms with Gasteiger partial charge >= 0.3 is 0 Å². The van der Waals surface area contributed by atoms with Crippen molar-refractivity contribution in [2.24, 2.45) is 5.92 Å². The van der Waals surface area contributed by atoms with Gasteiger partial charge in [-0.1, -0.05) is 31.9 Å². The van der Waals surface area contributed by atoms with Crippen molar-refractivity contribution in [1.82, 2.24) is 4.90 Å². The number of benzene rings is 1. The molecule has 1 aromatic carbocycles. The summed E-state index contributed by atoms with van der Waals surface area (Å²) in [7, 11) is 2.21. The van der Waals surface area contributed by atoms with E-state index in [1.165, 1.54) is 19.3 Å². The Hall–Kier alpha value is -1.20. The summed E-state index contributed by atoms with van der Waals surface area (Å²) in [5.41, 5.74) is 1.03. The average molecular weight is 337 g/mol. The van der Waals surface area contributed by atoms with E-state index in [2.05, 4.69) is 6.92 Å². The topological polar surface area (TPSA) is 46.6 Å². The summed E-state index contributed by atoms with van der Waals surface area (Å²) < 4.78 is 17.5. The molecule has 0 radical (unpaired) electrons. The van der Waals surface area contributed by atoms with Crippen molar-refractivity contribution < 1.29 is 13.7 Å². The Balaban J connectivity index is 1.94. The lowest BCUT2D eigenvalue weighted by Crippen LogP contribution is -2.44. The molecule has 0 heterocycles. The van der Waals surface area contributed by atoms with Crippen molar-refractivity contribution in [1.29, 1.82) is 0 Å². The second kappa shape index (κ2) is 8.60. The molecule has 0 N–H and O–H groups in total. The van der Waals surface area contributed by atoms with Crippen LogP contribution in [0.15, 0.2) is 29.2 Å². The van der Waals surface area contributed by atoms with Gasteiger partial charge in [0.15, 0.2) is 0 Å². The van der Waals surface area contributed by atoms with Gasteiger partial charge in [0.1, 0.15) is 5.75 Å². The van der Waals surface area contributed by atoms with Gasteiger partial charge in [0.2, 0.25) is 5.91 Å². The van der Waals surface area contributed by atoms with E-state index in [1.54, 1.807) is 7.11 Å². The molecule has 0 aromatic heterocycles. The van der Waals surface area contributed by atoms with Crippen LogP contribution in [-0.2, 0) is 26.9 Å². The average Bonchev–Trinajstić information content (AvgIpc) is 2.55. The van der Waals surface area contributed by atoms with Gasteiger partial charge in [-0.05, 0) is 36.5 Å². The fraction of sp³-hybridized carbons (Fsp3) is 0.611. The summed E-state index contributed by atoms with van der Waals surface area (Å²) in [6, 6.07) is 7.72. The maximum Gasteiger partial charge on any atom is 0.235 e. The smallest absolute Gasteiger partial charge is 0.235 e. The molecular formula is C18H27NO3S. The Morgan fingerprint density at radius 2 is 1.91 bits per heavy atom. The number of nitrogens with zero attached hydrogens (tertiary/aromatic N) is 1. The van der Waals surface area contributed by atoms with E-state index in [-0.39, 0.29) is 17.7 Å². The predicted molar refractivity (Wildman–Crippen MR) is 92.6 cm³/mol. The van der Waals surface area contributed by atoms with Crippen LogP contribution < -0.4 is 0 Å². The third kappa shape index (κ3) is 4.88. The Bertz CT molecular complexity index is 544. The van der Waals surface area contributed by atoms with Crippen molar-refractivity contribution in [2.75, 3.05) is 19.9 Å². The van der Waals surface area contributed by atoms with Crippen LogP contribution in [-0.4, -0.2) is 41.0 Å². The maximum absolute atomic E-state index is 12.5. The standard InChI is InChI=1S/C18H27NO3S/c1-14-6-4-5-7-17(14)19(2)18(20)13-23(21)16-10-8-15(9-11-16)12-22-3/h8-11,14,17H,4-7,12-13H2,1-3H3/t14-,17+,23-/m1/s1. The van der Waals surface area contributed by atoms with Crippen LogP contribution >= 0.6 is 0 Å². The van der Waals surface area contributed by atoms with Crippen molar-refractivity contribution in [3.05, 3.63) is 29.8 Å². The number of amides is 1. The zero-order chi connectivity index (χ0) is 16.8. The van der Waals surface area contributed by atoms with Crippen molar-refractivity contribution in [2.45, 2.75) is 50.2 Å². The highest BCUT2D eigenvalue weighted by Crippen LogP contribution is 2.27. The minimum absolute atomic E-state index is 0.0250. The highest BCUT2D eigenvalue weighted by molar-refractivity contribution is 7.85. The number of carbonyl (C=O) groups excluding carboxylic acids is 1. The molecule has 1 aromatic rings. The molecule has 3 atom stereocenters. The molecule has 23 heavy (non-hydrogen) atoms. The van der Waals surface area contributed by atoms with Gasteiger partial charge in [0.25, 0.3) is 0 Å². The van der Waals surface area contributed by atoms with E-state index in [1.807, 2.05) is 36.2 Å². The van der Waals surface area contributed by atoms with E-state index >= 15 is 0 Å². The summed E-state index contributed by atoms with van der Waals surface area (Å²) >= 11 is 0. The van der Waals surface area contributed by atoms with Gasteiger partial charge in [0.05, 0.1) is 17.4 Å². The largest absolute Gasteiger partial charge is 0.380 e. The first-order valence-electron chi connectivity index (χ1n) is 8.25. The number of carbonyl (C=O) groups is 1. The van der Waals surface area contributed by atoms with Crippen LogP contribution in [0.25, 0.3) is 0 Å². The molecule has 128 valence electrons. The number of hydrogen-bond donors (Lipinski definition) is 0. The molecule has 1 aliphatic rings. The van der Waals surface area contributed by atoms with E-state index in [4.69, 9.17) is 4.74 Å². The van der Waals surface area contributed by atoms with Gasteiger partial charge in [0, 0.05) is 25.1 Å². The zero-order valence-corrected chi connectivity index (χ0v) is 15.1. The molecule has 2 rings (SSSR count). The highest BCUT2D eigenvalue weighted by atomic mass is 32.2. The quantitative estimate of drug-likeness (QED) is 0.802. The summed E-state index contributed by atoms with van der Waals surface area (Å²) in [5.74, 6) is 0.561. The van der Waals surface area contributed by atoms with Gasteiger partial charge in [-0.25, -0.2) is 0 Å². The predicted octanol–water partition coefficient (Wildman–Crippen LogP) is 2.98. The molecule has 1 amide bonds. The Labute approximate surface area is 141 Å². The second-order valence-electron chi connectivity index (χ2n) is 6.40. The molecule has 0 bridgehead atoms. The van der Waals surface area contributed by atoms with Gasteiger partial charge in [-0.15, -0.1) is 0 Å². The third-order valence-electron chi connectivity index (χ3n) is 4.71. The number of rotatable bonds is 6. The lowest BCUT2D eigenvalue weighted by molar-refractivity contribution is -0.130. The molecule has 1 saturated carbocycles. The van der Waals surface area contributed by atoms with Gasteiger partial charge in [-0.3, -0.25) is 9.00 Å². The van der Waals surface area contributed by atoms with E-state index in [9.17, 15) is 9.00 Å². The molecule has 4 nitrogen and oxygen atoms in total. The van der Waals surface area contributed by atoms with Crippen LogP contribution in [0.5, 0.6) is 0 Å². The van der Waals surface area contributed by atoms with E-state index < -0.39 is 10.8 Å². The monoisotopic (exact) mass is 337 g/mol. The molecule has 0 unspecified atom stereocenters. The summed E-state index contributed by atoms with van der Waals surface area (Å²) in [5, 5.41) is 0. The first kappa shape index (κ1) is 18.1. The van der Waals surface area contributed by atoms with Gasteiger partial charge < -0.3 is 9.64 Å². The normalized spacial score (nSPS) is 22.6. The summed E-state index contributed by atoms with van der Waals surface area (Å²) in [4.78, 5) is 15.0. The zero-order valence-electron chi connectivity index (χ0n) is 14.3. The van der Waals surface area contributed by atoms with Crippen LogP contribution in [0.3, 0.4) is 0 Å². The Morgan fingerprint density at radius 1 is 1.26 bits per heavy atom. The second-order valence-corrected chi connectivity index (χ2v) is 7.85. The van der Waals surface area contributed by atoms with Crippen LogP contribution in [0.2, 0.25) is 0 Å². The van der Waals surface area contributed by atoms with Gasteiger partial charge in [-0.2, -0.15) is 0 Å². The van der Waals surface area contributed by atoms with Crippen molar-refractivity contribution >= 4 is 16.7 Å². The van der Waals surface area contributed by atoms with Crippen LogP contribution in [0, 0.1) is 5.92 Å². The molecule has 0 aliphatic heterocycles. The summed E-state index contributed by atoms with van der Waals surface area (Å²) in [6.07, 6.45) is 4.66. The molecule has 5 heteroatoms. The first-order chi connectivity index (χ1) is 11.0. The highest BCUT2D eigenvalue weighted by Gasteiger charge is 2.28. The Morgan fingerprint density at radius 3 is 2.52 bits per heavy atom. The van der Waals surface area contributed by atoms with E-state index in [0.29, 0.717) is 17.4 Å². The lowest BCUT2D eigenvalue weighted by atomic mass is 9.85. The minimum Gasteiger partial charge on any atom is -0.380 e. The number of hydrogen-bond acceptors (Lipinski definition) is 3. The number of methoxy groups -OCH3 is 1. The molecule has 0 saturated heterocycles. The molecule has 1 fully saturated rings. The first-order valence-corrected chi connectivity index (χ1v) is 9.56.